The Hall–Kier alpha value is -3.45. The molecule has 5 rings (SSSR count). The molecule has 2 heterocycles. The molecule has 0 unspecified atom stereocenters. The largest absolute Gasteiger partial charge is 0.324 e. The van der Waals surface area contributed by atoms with Gasteiger partial charge in [-0.05, 0) is 48.7 Å². The molecule has 32 heavy (non-hydrogen) atoms. The van der Waals surface area contributed by atoms with Crippen LogP contribution in [0.4, 0.5) is 27.7 Å². The minimum absolute atomic E-state index is 0.250. The fourth-order valence-corrected chi connectivity index (χ4v) is 4.33. The maximum absolute atomic E-state index is 14.3. The lowest BCUT2D eigenvalue weighted by molar-refractivity contribution is 0.535. The van der Waals surface area contributed by atoms with Crippen LogP contribution in [0.5, 0.6) is 0 Å². The van der Waals surface area contributed by atoms with Gasteiger partial charge in [0.25, 0.3) is 0 Å². The normalized spacial score (nSPS) is 14.1. The molecule has 0 aliphatic heterocycles. The smallest absolute Gasteiger partial charge is 0.229 e. The van der Waals surface area contributed by atoms with Gasteiger partial charge in [0.2, 0.25) is 11.9 Å². The van der Waals surface area contributed by atoms with Crippen LogP contribution < -0.4 is 10.6 Å². The highest BCUT2D eigenvalue weighted by Crippen LogP contribution is 2.36. The predicted octanol–water partition coefficient (Wildman–Crippen LogP) is 6.86. The maximum atomic E-state index is 14.3. The molecule has 1 fully saturated rings. The number of aromatic nitrogens is 4. The van der Waals surface area contributed by atoms with Crippen LogP contribution in [0.3, 0.4) is 0 Å². The summed E-state index contributed by atoms with van der Waals surface area (Å²) in [6.07, 6.45) is 7.75. The summed E-state index contributed by atoms with van der Waals surface area (Å²) < 4.78 is 16.4. The van der Waals surface area contributed by atoms with Gasteiger partial charge in [-0.25, -0.2) is 14.4 Å². The van der Waals surface area contributed by atoms with Crippen molar-refractivity contribution in [2.45, 2.75) is 31.7 Å². The standard InChI is InChI=1S/C24H22ClFN6/c1-2-15-13-16(11-12-18(15)25)28-23-27-14-21-22(31-23)32(17-7-3-4-8-17)24(30-21)29-20-10-6-5-9-19(20)26/h2,5-6,9-14,17H,1,3-4,7-8H2,(H,29,30)(H,27,28,31). The third-order valence-electron chi connectivity index (χ3n) is 5.71. The second-order valence-corrected chi connectivity index (χ2v) is 8.22. The first kappa shape index (κ1) is 20.5. The fourth-order valence-electron chi connectivity index (χ4n) is 4.14. The third-order valence-corrected chi connectivity index (χ3v) is 6.06. The Morgan fingerprint density at radius 1 is 1.09 bits per heavy atom. The Labute approximate surface area is 190 Å². The highest BCUT2D eigenvalue weighted by atomic mass is 35.5. The van der Waals surface area contributed by atoms with E-state index in [0.717, 1.165) is 36.9 Å². The van der Waals surface area contributed by atoms with Gasteiger partial charge in [0.05, 0.1) is 11.9 Å². The van der Waals surface area contributed by atoms with Crippen LogP contribution in [-0.2, 0) is 0 Å². The highest BCUT2D eigenvalue weighted by Gasteiger charge is 2.24. The molecular weight excluding hydrogens is 427 g/mol. The van der Waals surface area contributed by atoms with E-state index in [0.29, 0.717) is 33.8 Å². The number of anilines is 4. The molecule has 8 heteroatoms. The van der Waals surface area contributed by atoms with E-state index in [2.05, 4.69) is 31.7 Å². The lowest BCUT2D eigenvalue weighted by Gasteiger charge is -2.17. The van der Waals surface area contributed by atoms with Crippen molar-refractivity contribution >= 4 is 52.1 Å². The minimum atomic E-state index is -0.327. The Balaban J connectivity index is 1.55. The molecule has 0 bridgehead atoms. The van der Waals surface area contributed by atoms with E-state index in [1.165, 1.54) is 6.07 Å². The first-order chi connectivity index (χ1) is 15.6. The maximum Gasteiger partial charge on any atom is 0.229 e. The Kier molecular flexibility index (Phi) is 5.49. The van der Waals surface area contributed by atoms with E-state index in [1.807, 2.05) is 12.1 Å². The summed E-state index contributed by atoms with van der Waals surface area (Å²) in [6.45, 7) is 3.79. The summed E-state index contributed by atoms with van der Waals surface area (Å²) in [6, 6.07) is 12.4. The molecule has 0 amide bonds. The number of rotatable bonds is 6. The van der Waals surface area contributed by atoms with Crippen LogP contribution in [0.15, 0.2) is 55.2 Å². The van der Waals surface area contributed by atoms with Crippen molar-refractivity contribution in [2.24, 2.45) is 0 Å². The van der Waals surface area contributed by atoms with E-state index < -0.39 is 0 Å². The Morgan fingerprint density at radius 2 is 1.91 bits per heavy atom. The van der Waals surface area contributed by atoms with Crippen LogP contribution in [-0.4, -0.2) is 19.5 Å². The minimum Gasteiger partial charge on any atom is -0.324 e. The molecule has 0 saturated heterocycles. The Morgan fingerprint density at radius 3 is 2.69 bits per heavy atom. The topological polar surface area (TPSA) is 67.7 Å². The molecule has 1 aliphatic carbocycles. The van der Waals surface area contributed by atoms with Crippen molar-refractivity contribution in [3.63, 3.8) is 0 Å². The van der Waals surface area contributed by atoms with Gasteiger partial charge in [-0.1, -0.05) is 49.2 Å². The van der Waals surface area contributed by atoms with Gasteiger partial charge in [0, 0.05) is 16.8 Å². The molecule has 2 aromatic carbocycles. The van der Waals surface area contributed by atoms with Gasteiger partial charge < -0.3 is 10.6 Å². The summed E-state index contributed by atoms with van der Waals surface area (Å²) in [5.41, 5.74) is 3.38. The first-order valence-corrected chi connectivity index (χ1v) is 11.0. The summed E-state index contributed by atoms with van der Waals surface area (Å²) in [5, 5.41) is 7.02. The van der Waals surface area contributed by atoms with Crippen LogP contribution in [0.25, 0.3) is 17.2 Å². The van der Waals surface area contributed by atoms with Crippen molar-refractivity contribution < 1.29 is 4.39 Å². The van der Waals surface area contributed by atoms with Gasteiger partial charge >= 0.3 is 0 Å². The molecule has 2 aromatic heterocycles. The number of halogens is 2. The van der Waals surface area contributed by atoms with Gasteiger partial charge in [0.1, 0.15) is 11.3 Å². The van der Waals surface area contributed by atoms with Crippen molar-refractivity contribution in [3.05, 3.63) is 71.6 Å². The third kappa shape index (κ3) is 3.91. The molecule has 0 atom stereocenters. The second kappa shape index (κ2) is 8.59. The summed E-state index contributed by atoms with van der Waals surface area (Å²) in [5.74, 6) is 0.696. The van der Waals surface area contributed by atoms with E-state index in [4.69, 9.17) is 16.6 Å². The quantitative estimate of drug-likeness (QED) is 0.337. The van der Waals surface area contributed by atoms with Crippen LogP contribution in [0, 0.1) is 5.82 Å². The molecule has 0 radical (unpaired) electrons. The van der Waals surface area contributed by atoms with Crippen molar-refractivity contribution in [1.82, 2.24) is 19.5 Å². The number of imidazole rings is 1. The summed E-state index contributed by atoms with van der Waals surface area (Å²) >= 11 is 6.18. The van der Waals surface area contributed by atoms with Crippen molar-refractivity contribution in [1.29, 1.82) is 0 Å². The lowest BCUT2D eigenvalue weighted by atomic mass is 10.2. The van der Waals surface area contributed by atoms with Gasteiger partial charge in [-0.3, -0.25) is 4.57 Å². The predicted molar refractivity (Wildman–Crippen MR) is 127 cm³/mol. The molecule has 1 aliphatic rings. The first-order valence-electron chi connectivity index (χ1n) is 10.6. The zero-order valence-corrected chi connectivity index (χ0v) is 18.1. The zero-order chi connectivity index (χ0) is 22.1. The number of hydrogen-bond donors (Lipinski definition) is 2. The molecule has 4 aromatic rings. The van der Waals surface area contributed by atoms with Gasteiger partial charge in [-0.15, -0.1) is 0 Å². The van der Waals surface area contributed by atoms with Gasteiger partial charge in [0.15, 0.2) is 5.65 Å². The van der Waals surface area contributed by atoms with E-state index in [9.17, 15) is 4.39 Å². The Bertz CT molecular complexity index is 1300. The second-order valence-electron chi connectivity index (χ2n) is 7.82. The number of hydrogen-bond acceptors (Lipinski definition) is 5. The number of nitrogens with one attached hydrogen (secondary N) is 2. The average Bonchev–Trinajstić information content (AvgIpc) is 3.44. The average molecular weight is 449 g/mol. The summed E-state index contributed by atoms with van der Waals surface area (Å²) in [7, 11) is 0. The number of nitrogens with zero attached hydrogens (tertiary/aromatic N) is 4. The highest BCUT2D eigenvalue weighted by molar-refractivity contribution is 6.32. The number of fused-ring (bicyclic) bond motifs is 1. The summed E-state index contributed by atoms with van der Waals surface area (Å²) in [4.78, 5) is 13.9. The van der Waals surface area contributed by atoms with Crippen LogP contribution in [0.2, 0.25) is 5.02 Å². The van der Waals surface area contributed by atoms with Crippen LogP contribution in [0.1, 0.15) is 37.3 Å². The van der Waals surface area contributed by atoms with E-state index >= 15 is 0 Å². The molecular formula is C24H22ClFN6. The lowest BCUT2D eigenvalue weighted by Crippen LogP contribution is -2.10. The number of benzene rings is 2. The molecule has 6 nitrogen and oxygen atoms in total. The monoisotopic (exact) mass is 448 g/mol. The molecule has 162 valence electrons. The van der Waals surface area contributed by atoms with Crippen molar-refractivity contribution in [3.8, 4) is 0 Å². The van der Waals surface area contributed by atoms with Crippen molar-refractivity contribution in [2.75, 3.05) is 10.6 Å². The SMILES string of the molecule is C=Cc1cc(Nc2ncc3nc(Nc4ccccc4F)n(C4CCCC4)c3n2)ccc1Cl. The zero-order valence-electron chi connectivity index (χ0n) is 17.4. The van der Waals surface area contributed by atoms with E-state index in [-0.39, 0.29) is 11.9 Å². The number of para-hydroxylation sites is 1. The molecule has 1 saturated carbocycles. The fraction of sp³-hybridized carbons (Fsp3) is 0.208. The van der Waals surface area contributed by atoms with Crippen LogP contribution >= 0.6 is 11.6 Å². The molecule has 0 spiro atoms. The van der Waals surface area contributed by atoms with E-state index in [1.54, 1.807) is 36.5 Å². The molecule has 2 N–H and O–H groups in total. The van der Waals surface area contributed by atoms with Gasteiger partial charge in [-0.2, -0.15) is 4.98 Å².